The van der Waals surface area contributed by atoms with Crippen molar-refractivity contribution < 1.29 is 14.5 Å². The normalized spacial score (nSPS) is 10.2. The molecule has 2 rings (SSSR count). The maximum atomic E-state index is 11.3. The molecule has 21 heavy (non-hydrogen) atoms. The van der Waals surface area contributed by atoms with Gasteiger partial charge in [-0.1, -0.05) is 27.7 Å². The number of ether oxygens (including phenoxy) is 1. The summed E-state index contributed by atoms with van der Waals surface area (Å²) < 4.78 is 5.27. The number of benzene rings is 2. The van der Waals surface area contributed by atoms with E-state index in [0.29, 0.717) is 14.9 Å². The van der Waals surface area contributed by atoms with Gasteiger partial charge in [0.2, 0.25) is 0 Å². The number of carbonyl (C=O) groups is 1. The fourth-order valence-corrected chi connectivity index (χ4v) is 2.87. The monoisotopic (exact) mass is 367 g/mol. The molecule has 0 aliphatic rings. The lowest BCUT2D eigenvalue weighted by Crippen LogP contribution is -2.00. The third-order valence-corrected chi connectivity index (χ3v) is 4.19. The number of methoxy groups -OCH3 is 1. The number of nitro groups is 1. The van der Waals surface area contributed by atoms with Crippen LogP contribution in [0.1, 0.15) is 10.4 Å². The molecule has 0 amide bonds. The summed E-state index contributed by atoms with van der Waals surface area (Å²) in [5.74, 6) is -0.416. The van der Waals surface area contributed by atoms with E-state index in [0.717, 1.165) is 4.90 Å². The molecule has 0 aromatic heterocycles. The largest absolute Gasteiger partial charge is 0.465 e. The summed E-state index contributed by atoms with van der Waals surface area (Å²) >= 11 is 4.48. The summed E-state index contributed by atoms with van der Waals surface area (Å²) in [6.07, 6.45) is 0. The maximum absolute atomic E-state index is 11.3. The minimum absolute atomic E-state index is 0.0337. The van der Waals surface area contributed by atoms with Crippen LogP contribution in [0.4, 0.5) is 5.69 Å². The zero-order valence-corrected chi connectivity index (χ0v) is 13.3. The van der Waals surface area contributed by atoms with Gasteiger partial charge in [-0.15, -0.1) is 0 Å². The first-order valence-electron chi connectivity index (χ1n) is 5.81. The molecule has 0 saturated heterocycles. The second-order valence-corrected chi connectivity index (χ2v) is 6.02. The lowest BCUT2D eigenvalue weighted by atomic mass is 10.2. The van der Waals surface area contributed by atoms with Crippen LogP contribution in [0, 0.1) is 10.1 Å². The van der Waals surface area contributed by atoms with Gasteiger partial charge >= 0.3 is 5.97 Å². The van der Waals surface area contributed by atoms with Gasteiger partial charge in [0.05, 0.1) is 22.5 Å². The predicted octanol–water partition coefficient (Wildman–Crippen LogP) is 4.30. The van der Waals surface area contributed by atoms with Crippen LogP contribution in [0.3, 0.4) is 0 Å². The SMILES string of the molecule is COC(=O)c1ccc(Sc2ccc(Br)cc2[N+](=O)[O-])cc1. The lowest BCUT2D eigenvalue weighted by molar-refractivity contribution is -0.387. The molecular formula is C14H10BrNO4S. The second-order valence-electron chi connectivity index (χ2n) is 3.99. The fraction of sp³-hybridized carbons (Fsp3) is 0.0714. The van der Waals surface area contributed by atoms with Crippen LogP contribution < -0.4 is 0 Å². The average Bonchev–Trinajstić information content (AvgIpc) is 2.49. The Labute approximate surface area is 133 Å². The molecule has 0 atom stereocenters. The Morgan fingerprint density at radius 3 is 2.48 bits per heavy atom. The van der Waals surface area contributed by atoms with Gasteiger partial charge in [0.25, 0.3) is 5.69 Å². The predicted molar refractivity (Wildman–Crippen MR) is 82.7 cm³/mol. The van der Waals surface area contributed by atoms with Crippen molar-refractivity contribution in [2.45, 2.75) is 9.79 Å². The molecule has 0 spiro atoms. The highest BCUT2D eigenvalue weighted by Crippen LogP contribution is 2.36. The van der Waals surface area contributed by atoms with Crippen molar-refractivity contribution in [2.24, 2.45) is 0 Å². The number of carbonyl (C=O) groups excluding carboxylic acids is 1. The third kappa shape index (κ3) is 3.83. The number of rotatable bonds is 4. The molecule has 0 unspecified atom stereocenters. The van der Waals surface area contributed by atoms with E-state index in [1.807, 2.05) is 0 Å². The Morgan fingerprint density at radius 2 is 1.90 bits per heavy atom. The fourth-order valence-electron chi connectivity index (χ4n) is 1.62. The molecule has 7 heteroatoms. The summed E-state index contributed by atoms with van der Waals surface area (Å²) in [4.78, 5) is 23.3. The van der Waals surface area contributed by atoms with Crippen LogP contribution in [-0.4, -0.2) is 18.0 Å². The first kappa shape index (κ1) is 15.5. The summed E-state index contributed by atoms with van der Waals surface area (Å²) in [5.41, 5.74) is 0.471. The molecule has 5 nitrogen and oxygen atoms in total. The molecule has 0 aliphatic heterocycles. The van der Waals surface area contributed by atoms with E-state index >= 15 is 0 Å². The molecule has 0 bridgehead atoms. The lowest BCUT2D eigenvalue weighted by Gasteiger charge is -2.04. The van der Waals surface area contributed by atoms with E-state index in [4.69, 9.17) is 0 Å². The van der Waals surface area contributed by atoms with Crippen LogP contribution in [0.15, 0.2) is 56.7 Å². The highest BCUT2D eigenvalue weighted by Gasteiger charge is 2.15. The van der Waals surface area contributed by atoms with Crippen LogP contribution in [0.5, 0.6) is 0 Å². The van der Waals surface area contributed by atoms with Crippen LogP contribution in [0.2, 0.25) is 0 Å². The molecule has 2 aromatic carbocycles. The zero-order valence-electron chi connectivity index (χ0n) is 10.9. The van der Waals surface area contributed by atoms with Crippen molar-refractivity contribution in [3.8, 4) is 0 Å². The van der Waals surface area contributed by atoms with Gasteiger partial charge in [-0.25, -0.2) is 4.79 Å². The third-order valence-electron chi connectivity index (χ3n) is 2.62. The van der Waals surface area contributed by atoms with E-state index in [1.54, 1.807) is 36.4 Å². The van der Waals surface area contributed by atoms with E-state index in [9.17, 15) is 14.9 Å². The van der Waals surface area contributed by atoms with Crippen molar-refractivity contribution in [2.75, 3.05) is 7.11 Å². The van der Waals surface area contributed by atoms with Gasteiger partial charge in [0, 0.05) is 15.4 Å². The Bertz CT molecular complexity index is 688. The molecule has 0 heterocycles. The Balaban J connectivity index is 2.26. The summed E-state index contributed by atoms with van der Waals surface area (Å²) in [7, 11) is 1.32. The summed E-state index contributed by atoms with van der Waals surface area (Å²) in [6.45, 7) is 0. The number of esters is 1. The van der Waals surface area contributed by atoms with E-state index in [2.05, 4.69) is 20.7 Å². The van der Waals surface area contributed by atoms with Gasteiger partial charge in [0.1, 0.15) is 0 Å². The van der Waals surface area contributed by atoms with Gasteiger partial charge < -0.3 is 4.74 Å². The number of hydrogen-bond donors (Lipinski definition) is 0. The Kier molecular flexibility index (Phi) is 4.98. The van der Waals surface area contributed by atoms with Crippen LogP contribution in [-0.2, 0) is 4.74 Å². The van der Waals surface area contributed by atoms with E-state index in [1.165, 1.54) is 24.9 Å². The molecule has 0 fully saturated rings. The molecule has 0 radical (unpaired) electrons. The molecule has 0 N–H and O–H groups in total. The zero-order chi connectivity index (χ0) is 15.4. The maximum Gasteiger partial charge on any atom is 0.337 e. The van der Waals surface area contributed by atoms with Gasteiger partial charge in [-0.05, 0) is 36.4 Å². The smallest absolute Gasteiger partial charge is 0.337 e. The number of halogens is 1. The topological polar surface area (TPSA) is 69.4 Å². The van der Waals surface area contributed by atoms with Crippen molar-refractivity contribution in [3.05, 3.63) is 62.6 Å². The van der Waals surface area contributed by atoms with Gasteiger partial charge in [-0.3, -0.25) is 10.1 Å². The number of hydrogen-bond acceptors (Lipinski definition) is 5. The number of nitrogens with zero attached hydrogens (tertiary/aromatic N) is 1. The summed E-state index contributed by atoms with van der Waals surface area (Å²) in [5, 5.41) is 11.1. The molecule has 108 valence electrons. The highest BCUT2D eigenvalue weighted by molar-refractivity contribution is 9.10. The van der Waals surface area contributed by atoms with E-state index in [-0.39, 0.29) is 5.69 Å². The standard InChI is InChI=1S/C14H10BrNO4S/c1-20-14(17)9-2-5-11(6-3-9)21-13-7-4-10(15)8-12(13)16(18)19/h2-8H,1H3. The molecule has 0 saturated carbocycles. The first-order valence-corrected chi connectivity index (χ1v) is 7.42. The molecule has 2 aromatic rings. The molecule has 0 aliphatic carbocycles. The quantitative estimate of drug-likeness (QED) is 0.457. The summed E-state index contributed by atoms with van der Waals surface area (Å²) in [6, 6.07) is 11.6. The second kappa shape index (κ2) is 6.73. The average molecular weight is 368 g/mol. The van der Waals surface area contributed by atoms with Crippen molar-refractivity contribution in [1.82, 2.24) is 0 Å². The van der Waals surface area contributed by atoms with Crippen molar-refractivity contribution in [1.29, 1.82) is 0 Å². The van der Waals surface area contributed by atoms with E-state index < -0.39 is 10.9 Å². The first-order chi connectivity index (χ1) is 10.0. The highest BCUT2D eigenvalue weighted by atomic mass is 79.9. The van der Waals surface area contributed by atoms with Crippen molar-refractivity contribution in [3.63, 3.8) is 0 Å². The minimum Gasteiger partial charge on any atom is -0.465 e. The van der Waals surface area contributed by atoms with Crippen LogP contribution in [0.25, 0.3) is 0 Å². The van der Waals surface area contributed by atoms with Crippen molar-refractivity contribution >= 4 is 39.3 Å². The minimum atomic E-state index is -0.421. The van der Waals surface area contributed by atoms with Gasteiger partial charge in [0.15, 0.2) is 0 Å². The molecular weight excluding hydrogens is 358 g/mol. The Hall–Kier alpha value is -1.86. The number of nitro benzene ring substituents is 1. The van der Waals surface area contributed by atoms with Gasteiger partial charge in [-0.2, -0.15) is 0 Å². The Morgan fingerprint density at radius 1 is 1.24 bits per heavy atom. The van der Waals surface area contributed by atoms with Crippen LogP contribution >= 0.6 is 27.7 Å².